The standard InChI is InChI=1S/C14H17Cl2N3/c1-14(2,3)17-8-9-7-12(19-18-9)10-5-4-6-11(15)13(10)16/h4-7,17H,8H2,1-3H3,(H,18,19). The zero-order valence-corrected chi connectivity index (χ0v) is 12.7. The molecule has 2 rings (SSSR count). The van der Waals surface area contributed by atoms with Gasteiger partial charge in [-0.25, -0.2) is 0 Å². The molecule has 0 atom stereocenters. The van der Waals surface area contributed by atoms with E-state index in [2.05, 4.69) is 36.3 Å². The van der Waals surface area contributed by atoms with Crippen LogP contribution in [0.15, 0.2) is 24.3 Å². The molecule has 0 aliphatic carbocycles. The lowest BCUT2D eigenvalue weighted by atomic mass is 10.1. The minimum absolute atomic E-state index is 0.0684. The molecule has 0 bridgehead atoms. The number of H-pyrrole nitrogens is 1. The zero-order chi connectivity index (χ0) is 14.0. The molecule has 0 saturated heterocycles. The molecule has 0 aliphatic rings. The Balaban J connectivity index is 2.19. The van der Waals surface area contributed by atoms with Gasteiger partial charge in [0.2, 0.25) is 0 Å². The molecule has 0 aliphatic heterocycles. The first-order chi connectivity index (χ1) is 8.87. The van der Waals surface area contributed by atoms with Gasteiger partial charge in [-0.1, -0.05) is 35.3 Å². The molecule has 5 heteroatoms. The molecule has 0 unspecified atom stereocenters. The normalized spacial score (nSPS) is 11.8. The Bertz CT molecular complexity index is 570. The highest BCUT2D eigenvalue weighted by Gasteiger charge is 2.12. The minimum Gasteiger partial charge on any atom is -0.306 e. The summed E-state index contributed by atoms with van der Waals surface area (Å²) in [4.78, 5) is 0. The predicted octanol–water partition coefficient (Wildman–Crippen LogP) is 4.27. The van der Waals surface area contributed by atoms with Crippen molar-refractivity contribution >= 4 is 23.2 Å². The fourth-order valence-corrected chi connectivity index (χ4v) is 2.05. The van der Waals surface area contributed by atoms with Gasteiger partial charge >= 0.3 is 0 Å². The molecule has 0 radical (unpaired) electrons. The first-order valence-corrected chi connectivity index (χ1v) is 6.86. The second-order valence-electron chi connectivity index (χ2n) is 5.48. The second-order valence-corrected chi connectivity index (χ2v) is 6.27. The van der Waals surface area contributed by atoms with E-state index in [1.165, 1.54) is 0 Å². The number of aromatic nitrogens is 2. The average molecular weight is 298 g/mol. The molecule has 1 aromatic heterocycles. The van der Waals surface area contributed by atoms with Crippen molar-refractivity contribution in [2.45, 2.75) is 32.9 Å². The molecule has 1 aromatic carbocycles. The van der Waals surface area contributed by atoms with Crippen LogP contribution >= 0.6 is 23.2 Å². The smallest absolute Gasteiger partial charge is 0.0939 e. The van der Waals surface area contributed by atoms with Crippen molar-refractivity contribution in [2.24, 2.45) is 0 Å². The van der Waals surface area contributed by atoms with Crippen molar-refractivity contribution in [3.63, 3.8) is 0 Å². The van der Waals surface area contributed by atoms with Gasteiger partial charge in [0, 0.05) is 23.3 Å². The number of rotatable bonds is 3. The summed E-state index contributed by atoms with van der Waals surface area (Å²) in [5.74, 6) is 0. The van der Waals surface area contributed by atoms with Gasteiger partial charge < -0.3 is 5.32 Å². The van der Waals surface area contributed by atoms with Gasteiger partial charge in [0.15, 0.2) is 0 Å². The molecule has 0 spiro atoms. The van der Waals surface area contributed by atoms with E-state index in [4.69, 9.17) is 23.2 Å². The summed E-state index contributed by atoms with van der Waals surface area (Å²) in [7, 11) is 0. The first-order valence-electron chi connectivity index (χ1n) is 6.10. The van der Waals surface area contributed by atoms with E-state index in [0.29, 0.717) is 10.0 Å². The summed E-state index contributed by atoms with van der Waals surface area (Å²) in [6.07, 6.45) is 0. The fourth-order valence-electron chi connectivity index (χ4n) is 1.65. The molecule has 19 heavy (non-hydrogen) atoms. The van der Waals surface area contributed by atoms with Gasteiger partial charge in [-0.3, -0.25) is 5.10 Å². The lowest BCUT2D eigenvalue weighted by Gasteiger charge is -2.19. The predicted molar refractivity (Wildman–Crippen MR) is 80.6 cm³/mol. The summed E-state index contributed by atoms with van der Waals surface area (Å²) in [5.41, 5.74) is 2.73. The van der Waals surface area contributed by atoms with Crippen LogP contribution in [-0.4, -0.2) is 15.7 Å². The molecule has 2 N–H and O–H groups in total. The van der Waals surface area contributed by atoms with Gasteiger partial charge in [0.1, 0.15) is 0 Å². The summed E-state index contributed by atoms with van der Waals surface area (Å²) in [6, 6.07) is 7.52. The van der Waals surface area contributed by atoms with Crippen molar-refractivity contribution in [3.8, 4) is 11.3 Å². The molecular formula is C14H17Cl2N3. The van der Waals surface area contributed by atoms with Crippen molar-refractivity contribution in [2.75, 3.05) is 0 Å². The third kappa shape index (κ3) is 3.72. The highest BCUT2D eigenvalue weighted by molar-refractivity contribution is 6.43. The topological polar surface area (TPSA) is 40.7 Å². The molecule has 102 valence electrons. The third-order valence-electron chi connectivity index (χ3n) is 2.67. The summed E-state index contributed by atoms with van der Waals surface area (Å²) in [5, 5.41) is 11.8. The van der Waals surface area contributed by atoms with E-state index in [1.807, 2.05) is 18.2 Å². The van der Waals surface area contributed by atoms with E-state index < -0.39 is 0 Å². The molecule has 0 saturated carbocycles. The van der Waals surface area contributed by atoms with Crippen molar-refractivity contribution in [1.82, 2.24) is 15.5 Å². The maximum absolute atomic E-state index is 6.19. The number of hydrogen-bond acceptors (Lipinski definition) is 2. The number of halogens is 2. The van der Waals surface area contributed by atoms with Crippen LogP contribution < -0.4 is 5.32 Å². The zero-order valence-electron chi connectivity index (χ0n) is 11.2. The van der Waals surface area contributed by atoms with Gasteiger partial charge in [0.25, 0.3) is 0 Å². The largest absolute Gasteiger partial charge is 0.306 e. The number of benzene rings is 1. The molecule has 2 aromatic rings. The van der Waals surface area contributed by atoms with Gasteiger partial charge in [-0.2, -0.15) is 5.10 Å². The number of hydrogen-bond donors (Lipinski definition) is 2. The highest BCUT2D eigenvalue weighted by atomic mass is 35.5. The molecular weight excluding hydrogens is 281 g/mol. The van der Waals surface area contributed by atoms with Gasteiger partial charge in [-0.15, -0.1) is 0 Å². The third-order valence-corrected chi connectivity index (χ3v) is 3.49. The number of aromatic amines is 1. The van der Waals surface area contributed by atoms with E-state index in [9.17, 15) is 0 Å². The lowest BCUT2D eigenvalue weighted by Crippen LogP contribution is -2.35. The fraction of sp³-hybridized carbons (Fsp3) is 0.357. The Kier molecular flexibility index (Phi) is 4.19. The van der Waals surface area contributed by atoms with Crippen LogP contribution in [-0.2, 0) is 6.54 Å². The first kappa shape index (κ1) is 14.4. The number of nitrogens with zero attached hydrogens (tertiary/aromatic N) is 1. The van der Waals surface area contributed by atoms with E-state index in [-0.39, 0.29) is 5.54 Å². The average Bonchev–Trinajstić information content (AvgIpc) is 2.78. The summed E-state index contributed by atoms with van der Waals surface area (Å²) < 4.78 is 0. The van der Waals surface area contributed by atoms with E-state index in [0.717, 1.165) is 23.5 Å². The van der Waals surface area contributed by atoms with Crippen molar-refractivity contribution in [3.05, 3.63) is 40.0 Å². The Morgan fingerprint density at radius 3 is 2.68 bits per heavy atom. The van der Waals surface area contributed by atoms with Crippen LogP contribution in [0.1, 0.15) is 26.5 Å². The van der Waals surface area contributed by atoms with Gasteiger partial charge in [-0.05, 0) is 32.9 Å². The lowest BCUT2D eigenvalue weighted by molar-refractivity contribution is 0.421. The maximum atomic E-state index is 6.19. The molecule has 3 nitrogen and oxygen atoms in total. The Morgan fingerprint density at radius 1 is 1.26 bits per heavy atom. The molecule has 0 amide bonds. The SMILES string of the molecule is CC(C)(C)NCc1cc(-c2cccc(Cl)c2Cl)n[nH]1. The monoisotopic (exact) mass is 297 g/mol. The van der Waals surface area contributed by atoms with Crippen molar-refractivity contribution in [1.29, 1.82) is 0 Å². The highest BCUT2D eigenvalue weighted by Crippen LogP contribution is 2.32. The number of nitrogens with one attached hydrogen (secondary N) is 2. The second kappa shape index (κ2) is 5.53. The van der Waals surface area contributed by atoms with Crippen LogP contribution in [0.4, 0.5) is 0 Å². The van der Waals surface area contributed by atoms with Crippen LogP contribution in [0.3, 0.4) is 0 Å². The van der Waals surface area contributed by atoms with E-state index in [1.54, 1.807) is 6.07 Å². The summed E-state index contributed by atoms with van der Waals surface area (Å²) in [6.45, 7) is 7.10. The van der Waals surface area contributed by atoms with Crippen LogP contribution in [0.25, 0.3) is 11.3 Å². The van der Waals surface area contributed by atoms with Crippen LogP contribution in [0.5, 0.6) is 0 Å². The minimum atomic E-state index is 0.0684. The summed E-state index contributed by atoms with van der Waals surface area (Å²) >= 11 is 12.2. The molecule has 0 fully saturated rings. The van der Waals surface area contributed by atoms with Gasteiger partial charge in [0.05, 0.1) is 15.7 Å². The van der Waals surface area contributed by atoms with Crippen molar-refractivity contribution < 1.29 is 0 Å². The van der Waals surface area contributed by atoms with E-state index >= 15 is 0 Å². The maximum Gasteiger partial charge on any atom is 0.0939 e. The Morgan fingerprint density at radius 2 is 2.00 bits per heavy atom. The Labute approximate surface area is 123 Å². The van der Waals surface area contributed by atoms with Crippen LogP contribution in [0, 0.1) is 0 Å². The van der Waals surface area contributed by atoms with Crippen LogP contribution in [0.2, 0.25) is 10.0 Å². The Hall–Kier alpha value is -1.03. The quantitative estimate of drug-likeness (QED) is 0.888. The molecule has 1 heterocycles.